The fourth-order valence-electron chi connectivity index (χ4n) is 3.64. The molecule has 2 heterocycles. The Morgan fingerprint density at radius 3 is 2.61 bits per heavy atom. The number of hydrogen-bond donors (Lipinski definition) is 3. The van der Waals surface area contributed by atoms with Gasteiger partial charge in [0.1, 0.15) is 6.23 Å². The van der Waals surface area contributed by atoms with Gasteiger partial charge in [0.05, 0.1) is 17.8 Å². The third-order valence-corrected chi connectivity index (χ3v) is 5.45. The van der Waals surface area contributed by atoms with Crippen LogP contribution in [-0.2, 0) is 9.53 Å². The lowest BCUT2D eigenvalue weighted by atomic mass is 9.98. The predicted octanol–water partition coefficient (Wildman–Crippen LogP) is 3.97. The lowest BCUT2D eigenvalue weighted by Gasteiger charge is -2.28. The minimum atomic E-state index is -4.28. The number of benzene rings is 1. The molecule has 0 aliphatic carbocycles. The van der Waals surface area contributed by atoms with E-state index in [1.807, 2.05) is 6.08 Å². The van der Waals surface area contributed by atoms with E-state index in [-0.39, 0.29) is 18.4 Å². The topological polar surface area (TPSA) is 73.8 Å². The van der Waals surface area contributed by atoms with Gasteiger partial charge in [-0.2, -0.15) is 13.2 Å². The van der Waals surface area contributed by atoms with Crippen LogP contribution in [0.4, 0.5) is 24.5 Å². The summed E-state index contributed by atoms with van der Waals surface area (Å²) in [6.07, 6.45) is -1.14. The largest absolute Gasteiger partial charge is 0.390 e. The molecule has 6 nitrogen and oxygen atoms in total. The monoisotopic (exact) mass is 439 g/mol. The number of rotatable bonds is 6. The molecule has 0 spiro atoms. The molecule has 2 aliphatic rings. The number of anilines is 2. The summed E-state index contributed by atoms with van der Waals surface area (Å²) < 4.78 is 43.2. The van der Waals surface area contributed by atoms with Gasteiger partial charge in [-0.05, 0) is 54.7 Å². The number of ether oxygens (including phenoxy) is 1. The second-order valence-corrected chi connectivity index (χ2v) is 7.94. The first-order valence-electron chi connectivity index (χ1n) is 10.3. The number of aliphatic hydroxyl groups excluding tert-OH is 1. The molecule has 3 rings (SSSR count). The standard InChI is InChI=1S/C22H28F3N3O3/c1-14-11-17(13-28(2)21(14)30)16-3-4-18(19(12-16)26-8-7-22(23,24)25)27-20(29)15-5-9-31-10-6-15/h3-4,11-13,15,21,26,30H,5-10H2,1-2H3,(H,27,29). The van der Waals surface area contributed by atoms with Crippen molar-refractivity contribution in [2.45, 2.75) is 38.6 Å². The number of alkyl halides is 3. The molecule has 1 saturated heterocycles. The van der Waals surface area contributed by atoms with Gasteiger partial charge in [-0.1, -0.05) is 6.07 Å². The van der Waals surface area contributed by atoms with Crippen LogP contribution in [-0.4, -0.2) is 55.1 Å². The van der Waals surface area contributed by atoms with Crippen molar-refractivity contribution in [2.24, 2.45) is 5.92 Å². The first-order valence-corrected chi connectivity index (χ1v) is 10.3. The van der Waals surface area contributed by atoms with E-state index in [0.717, 1.165) is 16.7 Å². The van der Waals surface area contributed by atoms with Crippen molar-refractivity contribution in [3.8, 4) is 0 Å². The van der Waals surface area contributed by atoms with Crippen LogP contribution in [0.3, 0.4) is 0 Å². The van der Waals surface area contributed by atoms with Crippen LogP contribution in [0.2, 0.25) is 0 Å². The summed E-state index contributed by atoms with van der Waals surface area (Å²) >= 11 is 0. The Bertz CT molecular complexity index is 861. The smallest absolute Gasteiger partial charge is 0.383 e. The van der Waals surface area contributed by atoms with Crippen LogP contribution in [0.5, 0.6) is 0 Å². The third-order valence-electron chi connectivity index (χ3n) is 5.45. The van der Waals surface area contributed by atoms with Crippen LogP contribution in [0.1, 0.15) is 31.7 Å². The molecule has 31 heavy (non-hydrogen) atoms. The summed E-state index contributed by atoms with van der Waals surface area (Å²) in [7, 11) is 1.74. The molecule has 1 aromatic rings. The van der Waals surface area contributed by atoms with E-state index >= 15 is 0 Å². The van der Waals surface area contributed by atoms with Crippen molar-refractivity contribution in [1.82, 2.24) is 4.90 Å². The fraction of sp³-hybridized carbons (Fsp3) is 0.500. The van der Waals surface area contributed by atoms with Crippen molar-refractivity contribution >= 4 is 22.9 Å². The Kier molecular flexibility index (Phi) is 7.27. The van der Waals surface area contributed by atoms with Crippen molar-refractivity contribution in [3.63, 3.8) is 0 Å². The van der Waals surface area contributed by atoms with Crippen molar-refractivity contribution in [3.05, 3.63) is 41.6 Å². The lowest BCUT2D eigenvalue weighted by Crippen LogP contribution is -2.30. The average molecular weight is 439 g/mol. The number of carbonyl (C=O) groups excluding carboxylic acids is 1. The van der Waals surface area contributed by atoms with Gasteiger partial charge in [0, 0.05) is 38.9 Å². The van der Waals surface area contributed by atoms with Crippen LogP contribution in [0.25, 0.3) is 5.57 Å². The Labute approximate surface area is 179 Å². The molecular weight excluding hydrogens is 411 g/mol. The summed E-state index contributed by atoms with van der Waals surface area (Å²) in [6, 6.07) is 5.21. The molecule has 1 amide bonds. The van der Waals surface area contributed by atoms with Gasteiger partial charge in [-0.15, -0.1) is 0 Å². The molecule has 9 heteroatoms. The van der Waals surface area contributed by atoms with Gasteiger partial charge >= 0.3 is 6.18 Å². The molecule has 1 atom stereocenters. The van der Waals surface area contributed by atoms with E-state index in [2.05, 4.69) is 10.6 Å². The zero-order valence-electron chi connectivity index (χ0n) is 17.6. The molecule has 0 radical (unpaired) electrons. The van der Waals surface area contributed by atoms with Crippen LogP contribution < -0.4 is 10.6 Å². The van der Waals surface area contributed by atoms with E-state index in [1.165, 1.54) is 0 Å². The van der Waals surface area contributed by atoms with Gasteiger partial charge < -0.3 is 25.4 Å². The first-order chi connectivity index (χ1) is 14.6. The normalized spacial score (nSPS) is 20.2. The molecule has 0 aromatic heterocycles. The number of nitrogens with one attached hydrogen (secondary N) is 2. The van der Waals surface area contributed by atoms with E-state index in [9.17, 15) is 23.1 Å². The maximum Gasteiger partial charge on any atom is 0.390 e. The summed E-state index contributed by atoms with van der Waals surface area (Å²) in [5.41, 5.74) is 3.18. The Morgan fingerprint density at radius 1 is 1.26 bits per heavy atom. The van der Waals surface area contributed by atoms with E-state index in [4.69, 9.17) is 4.74 Å². The van der Waals surface area contributed by atoms with Gasteiger partial charge in [-0.3, -0.25) is 4.79 Å². The molecule has 0 saturated carbocycles. The highest BCUT2D eigenvalue weighted by Crippen LogP contribution is 2.32. The highest BCUT2D eigenvalue weighted by atomic mass is 19.4. The van der Waals surface area contributed by atoms with Crippen LogP contribution in [0.15, 0.2) is 36.0 Å². The molecule has 0 bridgehead atoms. The summed E-state index contributed by atoms with van der Waals surface area (Å²) in [5.74, 6) is -0.344. The maximum absolute atomic E-state index is 12.6. The van der Waals surface area contributed by atoms with E-state index < -0.39 is 18.8 Å². The quantitative estimate of drug-likeness (QED) is 0.626. The van der Waals surface area contributed by atoms with Crippen molar-refractivity contribution in [1.29, 1.82) is 0 Å². The number of carbonyl (C=O) groups is 1. The van der Waals surface area contributed by atoms with Gasteiger partial charge in [0.25, 0.3) is 0 Å². The van der Waals surface area contributed by atoms with Gasteiger partial charge in [0.15, 0.2) is 0 Å². The highest BCUT2D eigenvalue weighted by molar-refractivity contribution is 5.96. The molecule has 1 unspecified atom stereocenters. The van der Waals surface area contributed by atoms with E-state index in [1.54, 1.807) is 43.3 Å². The van der Waals surface area contributed by atoms with Crippen molar-refractivity contribution in [2.75, 3.05) is 37.4 Å². The molecule has 1 aromatic carbocycles. The molecule has 1 fully saturated rings. The number of nitrogens with zero attached hydrogens (tertiary/aromatic N) is 1. The highest BCUT2D eigenvalue weighted by Gasteiger charge is 2.27. The fourth-order valence-corrected chi connectivity index (χ4v) is 3.64. The van der Waals surface area contributed by atoms with Crippen molar-refractivity contribution < 1.29 is 27.8 Å². The summed E-state index contributed by atoms with van der Waals surface area (Å²) in [5, 5.41) is 15.7. The molecular formula is C22H28F3N3O3. The number of amides is 1. The Balaban J connectivity index is 1.83. The summed E-state index contributed by atoms with van der Waals surface area (Å²) in [4.78, 5) is 14.3. The molecule has 2 aliphatic heterocycles. The second kappa shape index (κ2) is 9.74. The number of allylic oxidation sites excluding steroid dienone is 2. The predicted molar refractivity (Wildman–Crippen MR) is 113 cm³/mol. The minimum Gasteiger partial charge on any atom is -0.383 e. The van der Waals surface area contributed by atoms with Crippen LogP contribution in [0, 0.1) is 5.92 Å². The lowest BCUT2D eigenvalue weighted by molar-refractivity contribution is -0.131. The second-order valence-electron chi connectivity index (χ2n) is 7.94. The number of likely N-dealkylation sites (N-methyl/N-ethyl adjacent to an activating group) is 1. The minimum absolute atomic E-state index is 0.162. The number of halogens is 3. The van der Waals surface area contributed by atoms with E-state index in [0.29, 0.717) is 37.4 Å². The summed E-state index contributed by atoms with van der Waals surface area (Å²) in [6.45, 7) is 2.54. The van der Waals surface area contributed by atoms with Gasteiger partial charge in [-0.25, -0.2) is 0 Å². The van der Waals surface area contributed by atoms with Gasteiger partial charge in [0.2, 0.25) is 5.91 Å². The zero-order valence-corrected chi connectivity index (χ0v) is 17.6. The average Bonchev–Trinajstić information content (AvgIpc) is 2.72. The number of aliphatic hydroxyl groups is 1. The maximum atomic E-state index is 12.6. The Hall–Kier alpha value is -2.52. The third kappa shape index (κ3) is 6.24. The SMILES string of the molecule is CC1=CC(c2ccc(NC(=O)C3CCOCC3)c(NCCC(F)(F)F)c2)=CN(C)C1O. The Morgan fingerprint density at radius 2 is 1.97 bits per heavy atom. The molecule has 3 N–H and O–H groups in total. The number of hydrogen-bond acceptors (Lipinski definition) is 5. The zero-order chi connectivity index (χ0) is 22.6. The molecule has 170 valence electrons. The van der Waals surface area contributed by atoms with Crippen LogP contribution >= 0.6 is 0 Å². The first kappa shape index (κ1) is 23.1.